The van der Waals surface area contributed by atoms with Gasteiger partial charge in [-0.25, -0.2) is 4.98 Å². The number of anilines is 3. The van der Waals surface area contributed by atoms with Crippen LogP contribution in [0.1, 0.15) is 25.5 Å². The average Bonchev–Trinajstić information content (AvgIpc) is 2.38. The van der Waals surface area contributed by atoms with Gasteiger partial charge in [0.05, 0.1) is 0 Å². The lowest BCUT2D eigenvalue weighted by atomic mass is 10.3. The summed E-state index contributed by atoms with van der Waals surface area (Å²) >= 11 is 5.96. The fraction of sp³-hybridized carbons (Fsp3) is 0.333. The van der Waals surface area contributed by atoms with E-state index < -0.39 is 0 Å². The molecule has 2 N–H and O–H groups in total. The number of rotatable bonds is 6. The predicted octanol–water partition coefficient (Wildman–Crippen LogP) is 4.39. The summed E-state index contributed by atoms with van der Waals surface area (Å²) in [7, 11) is 0. The summed E-state index contributed by atoms with van der Waals surface area (Å²) in [6, 6.07) is 9.44. The fourth-order valence-electron chi connectivity index (χ4n) is 1.80. The van der Waals surface area contributed by atoms with E-state index in [-0.39, 0.29) is 0 Å². The van der Waals surface area contributed by atoms with E-state index in [1.54, 1.807) is 0 Å². The largest absolute Gasteiger partial charge is 0.370 e. The molecule has 0 unspecified atom stereocenters. The van der Waals surface area contributed by atoms with E-state index in [0.29, 0.717) is 11.0 Å². The van der Waals surface area contributed by atoms with E-state index >= 15 is 0 Å². The van der Waals surface area contributed by atoms with Gasteiger partial charge in [0.1, 0.15) is 5.82 Å². The van der Waals surface area contributed by atoms with Crippen LogP contribution in [-0.4, -0.2) is 16.5 Å². The van der Waals surface area contributed by atoms with E-state index in [0.717, 1.165) is 36.6 Å². The average molecular weight is 291 g/mol. The van der Waals surface area contributed by atoms with Crippen molar-refractivity contribution in [2.24, 2.45) is 0 Å². The molecule has 0 amide bonds. The van der Waals surface area contributed by atoms with Crippen molar-refractivity contribution in [3.05, 3.63) is 41.0 Å². The van der Waals surface area contributed by atoms with Gasteiger partial charge in [0.2, 0.25) is 5.95 Å². The van der Waals surface area contributed by atoms with Gasteiger partial charge in [0.25, 0.3) is 0 Å². The third-order valence-corrected chi connectivity index (χ3v) is 3.01. The normalized spacial score (nSPS) is 10.3. The molecule has 2 aromatic rings. The van der Waals surface area contributed by atoms with Crippen molar-refractivity contribution in [2.45, 2.75) is 26.7 Å². The Hall–Kier alpha value is -1.81. The van der Waals surface area contributed by atoms with Gasteiger partial charge in [0.15, 0.2) is 0 Å². The first-order valence-electron chi connectivity index (χ1n) is 6.79. The Morgan fingerprint density at radius 1 is 1.20 bits per heavy atom. The van der Waals surface area contributed by atoms with Crippen LogP contribution in [0.5, 0.6) is 0 Å². The first-order valence-corrected chi connectivity index (χ1v) is 7.17. The van der Waals surface area contributed by atoms with E-state index in [1.807, 2.05) is 37.3 Å². The zero-order valence-electron chi connectivity index (χ0n) is 11.8. The molecule has 0 radical (unpaired) electrons. The van der Waals surface area contributed by atoms with Crippen LogP contribution in [0.25, 0.3) is 0 Å². The number of hydrogen-bond donors (Lipinski definition) is 2. The summed E-state index contributed by atoms with van der Waals surface area (Å²) in [4.78, 5) is 8.84. The van der Waals surface area contributed by atoms with Crippen molar-refractivity contribution < 1.29 is 0 Å². The van der Waals surface area contributed by atoms with Gasteiger partial charge in [-0.15, -0.1) is 0 Å². The van der Waals surface area contributed by atoms with Crippen molar-refractivity contribution in [1.29, 1.82) is 0 Å². The van der Waals surface area contributed by atoms with E-state index in [9.17, 15) is 0 Å². The number of benzene rings is 1. The quantitative estimate of drug-likeness (QED) is 0.775. The van der Waals surface area contributed by atoms with Crippen LogP contribution in [0.3, 0.4) is 0 Å². The number of aromatic nitrogens is 2. The maximum atomic E-state index is 5.96. The number of aryl methyl sites for hydroxylation is 1. The van der Waals surface area contributed by atoms with Crippen LogP contribution in [0.15, 0.2) is 30.3 Å². The molecule has 4 nitrogen and oxygen atoms in total. The Labute approximate surface area is 124 Å². The van der Waals surface area contributed by atoms with Crippen LogP contribution in [0.2, 0.25) is 5.02 Å². The van der Waals surface area contributed by atoms with Crippen molar-refractivity contribution in [2.75, 3.05) is 17.2 Å². The van der Waals surface area contributed by atoms with Gasteiger partial charge in [-0.3, -0.25) is 0 Å². The molecule has 0 saturated carbocycles. The molecular weight excluding hydrogens is 272 g/mol. The third kappa shape index (κ3) is 4.38. The highest BCUT2D eigenvalue weighted by Crippen LogP contribution is 2.19. The molecule has 0 aliphatic heterocycles. The molecule has 5 heteroatoms. The number of nitrogens with zero attached hydrogens (tertiary/aromatic N) is 2. The van der Waals surface area contributed by atoms with E-state index in [1.165, 1.54) is 0 Å². The predicted molar refractivity (Wildman–Crippen MR) is 84.9 cm³/mol. The van der Waals surface area contributed by atoms with Crippen molar-refractivity contribution in [3.63, 3.8) is 0 Å². The van der Waals surface area contributed by atoms with E-state index in [4.69, 9.17) is 11.6 Å². The summed E-state index contributed by atoms with van der Waals surface area (Å²) in [6.07, 6.45) is 2.28. The second kappa shape index (κ2) is 7.10. The molecule has 0 saturated heterocycles. The lowest BCUT2D eigenvalue weighted by molar-refractivity contribution is 0.830. The lowest BCUT2D eigenvalue weighted by Crippen LogP contribution is -2.06. The molecule has 2 rings (SSSR count). The van der Waals surface area contributed by atoms with Crippen molar-refractivity contribution >= 4 is 29.1 Å². The Kier molecular flexibility index (Phi) is 5.18. The number of unbranched alkanes of at least 4 members (excludes halogenated alkanes) is 1. The molecule has 0 bridgehead atoms. The Bertz CT molecular complexity index is 572. The van der Waals surface area contributed by atoms with Gasteiger partial charge < -0.3 is 10.6 Å². The zero-order chi connectivity index (χ0) is 14.4. The minimum absolute atomic E-state index is 0.575. The molecule has 0 spiro atoms. The van der Waals surface area contributed by atoms with Crippen LogP contribution >= 0.6 is 11.6 Å². The second-order valence-electron chi connectivity index (χ2n) is 4.63. The highest BCUT2D eigenvalue weighted by Gasteiger charge is 2.03. The molecule has 1 aromatic heterocycles. The standard InChI is InChI=1S/C15H19ClN4/c1-3-4-8-17-14-9-11(2)18-15(20-14)19-13-7-5-6-12(16)10-13/h5-7,9-10H,3-4,8H2,1-2H3,(H2,17,18,19,20). The SMILES string of the molecule is CCCCNc1cc(C)nc(Nc2cccc(Cl)c2)n1. The summed E-state index contributed by atoms with van der Waals surface area (Å²) in [5.74, 6) is 1.42. The van der Waals surface area contributed by atoms with Crippen molar-refractivity contribution in [3.8, 4) is 0 Å². The monoisotopic (exact) mass is 290 g/mol. The van der Waals surface area contributed by atoms with Gasteiger partial charge in [0, 0.05) is 29.0 Å². The van der Waals surface area contributed by atoms with Gasteiger partial charge in [-0.05, 0) is 31.5 Å². The summed E-state index contributed by atoms with van der Waals surface area (Å²) < 4.78 is 0. The van der Waals surface area contributed by atoms with Crippen LogP contribution in [0.4, 0.5) is 17.5 Å². The van der Waals surface area contributed by atoms with Gasteiger partial charge in [-0.1, -0.05) is 31.0 Å². The maximum absolute atomic E-state index is 5.96. The summed E-state index contributed by atoms with van der Waals surface area (Å²) in [5.41, 5.74) is 1.80. The first-order chi connectivity index (χ1) is 9.67. The zero-order valence-corrected chi connectivity index (χ0v) is 12.5. The lowest BCUT2D eigenvalue weighted by Gasteiger charge is -2.09. The van der Waals surface area contributed by atoms with Crippen LogP contribution < -0.4 is 10.6 Å². The molecule has 0 aliphatic carbocycles. The Morgan fingerprint density at radius 2 is 2.05 bits per heavy atom. The molecule has 1 heterocycles. The topological polar surface area (TPSA) is 49.8 Å². The minimum atomic E-state index is 0.575. The summed E-state index contributed by atoms with van der Waals surface area (Å²) in [5, 5.41) is 7.16. The molecule has 0 atom stereocenters. The highest BCUT2D eigenvalue weighted by atomic mass is 35.5. The number of nitrogens with one attached hydrogen (secondary N) is 2. The maximum Gasteiger partial charge on any atom is 0.229 e. The molecule has 106 valence electrons. The third-order valence-electron chi connectivity index (χ3n) is 2.77. The highest BCUT2D eigenvalue weighted by molar-refractivity contribution is 6.30. The number of hydrogen-bond acceptors (Lipinski definition) is 4. The van der Waals surface area contributed by atoms with E-state index in [2.05, 4.69) is 27.5 Å². The Morgan fingerprint density at radius 3 is 2.80 bits per heavy atom. The number of halogens is 1. The Balaban J connectivity index is 2.11. The molecule has 0 fully saturated rings. The van der Waals surface area contributed by atoms with Gasteiger partial charge >= 0.3 is 0 Å². The molecule has 20 heavy (non-hydrogen) atoms. The minimum Gasteiger partial charge on any atom is -0.370 e. The fourth-order valence-corrected chi connectivity index (χ4v) is 1.99. The second-order valence-corrected chi connectivity index (χ2v) is 5.07. The molecule has 0 aliphatic rings. The van der Waals surface area contributed by atoms with Gasteiger partial charge in [-0.2, -0.15) is 4.98 Å². The summed E-state index contributed by atoms with van der Waals surface area (Å²) in [6.45, 7) is 5.04. The molecular formula is C15H19ClN4. The van der Waals surface area contributed by atoms with Crippen LogP contribution in [-0.2, 0) is 0 Å². The molecule has 1 aromatic carbocycles. The smallest absolute Gasteiger partial charge is 0.229 e. The van der Waals surface area contributed by atoms with Crippen LogP contribution in [0, 0.1) is 6.92 Å². The van der Waals surface area contributed by atoms with Crippen molar-refractivity contribution in [1.82, 2.24) is 9.97 Å². The first kappa shape index (κ1) is 14.6.